The van der Waals surface area contributed by atoms with Crippen LogP contribution in [0.5, 0.6) is 5.75 Å². The lowest BCUT2D eigenvalue weighted by atomic mass is 10.1. The lowest BCUT2D eigenvalue weighted by molar-refractivity contribution is -0.114. The number of methoxy groups -OCH3 is 1. The van der Waals surface area contributed by atoms with E-state index in [2.05, 4.69) is 10.0 Å². The Bertz CT molecular complexity index is 859. The Morgan fingerprint density at radius 2 is 1.54 bits per heavy atom. The summed E-state index contributed by atoms with van der Waals surface area (Å²) in [5, 5.41) is 2.63. The van der Waals surface area contributed by atoms with E-state index < -0.39 is 10.0 Å². The third-order valence-electron chi connectivity index (χ3n) is 3.65. The van der Waals surface area contributed by atoms with Gasteiger partial charge in [0.25, 0.3) is 10.0 Å². The van der Waals surface area contributed by atoms with Crippen LogP contribution in [-0.2, 0) is 14.8 Å². The number of rotatable bonds is 5. The molecule has 2 rings (SSSR count). The average Bonchev–Trinajstić information content (AvgIpc) is 2.51. The molecule has 7 heteroatoms. The average molecular weight is 348 g/mol. The molecular formula is C17H20N2O4S. The second-order valence-electron chi connectivity index (χ2n) is 5.38. The third-order valence-corrected chi connectivity index (χ3v) is 5.18. The summed E-state index contributed by atoms with van der Waals surface area (Å²) in [5.74, 6) is 0.457. The lowest BCUT2D eigenvalue weighted by Crippen LogP contribution is -2.15. The molecule has 2 N–H and O–H groups in total. The fourth-order valence-corrected chi connectivity index (χ4v) is 3.68. The van der Waals surface area contributed by atoms with Crippen LogP contribution >= 0.6 is 0 Å². The molecule has 0 bridgehead atoms. The molecule has 0 aromatic heterocycles. The lowest BCUT2D eigenvalue weighted by Gasteiger charge is -2.14. The van der Waals surface area contributed by atoms with E-state index in [0.29, 0.717) is 22.7 Å². The number of carbonyl (C=O) groups excluding carboxylic acids is 1. The quantitative estimate of drug-likeness (QED) is 0.870. The van der Waals surface area contributed by atoms with Crippen molar-refractivity contribution in [3.8, 4) is 5.75 Å². The van der Waals surface area contributed by atoms with Crippen LogP contribution in [0.3, 0.4) is 0 Å². The van der Waals surface area contributed by atoms with Crippen molar-refractivity contribution >= 4 is 27.3 Å². The molecule has 0 aliphatic rings. The normalized spacial score (nSPS) is 11.0. The highest BCUT2D eigenvalue weighted by Gasteiger charge is 2.19. The van der Waals surface area contributed by atoms with Crippen molar-refractivity contribution in [1.82, 2.24) is 0 Å². The Balaban J connectivity index is 2.29. The summed E-state index contributed by atoms with van der Waals surface area (Å²) in [4.78, 5) is 11.2. The van der Waals surface area contributed by atoms with Crippen LogP contribution in [0.4, 0.5) is 11.4 Å². The van der Waals surface area contributed by atoms with E-state index in [9.17, 15) is 13.2 Å². The van der Waals surface area contributed by atoms with Crippen LogP contribution in [0.25, 0.3) is 0 Å². The second kappa shape index (κ2) is 6.92. The number of hydrogen-bond donors (Lipinski definition) is 2. The van der Waals surface area contributed by atoms with Gasteiger partial charge in [-0.3, -0.25) is 9.52 Å². The summed E-state index contributed by atoms with van der Waals surface area (Å²) in [5.41, 5.74) is 2.43. The zero-order chi connectivity index (χ0) is 17.9. The van der Waals surface area contributed by atoms with Gasteiger partial charge in [0.05, 0.1) is 12.0 Å². The summed E-state index contributed by atoms with van der Waals surface area (Å²) >= 11 is 0. The third kappa shape index (κ3) is 3.86. The zero-order valence-electron chi connectivity index (χ0n) is 14.0. The summed E-state index contributed by atoms with van der Waals surface area (Å²) in [6.45, 7) is 4.97. The molecule has 0 radical (unpaired) electrons. The number of hydrogen-bond acceptors (Lipinski definition) is 4. The highest BCUT2D eigenvalue weighted by molar-refractivity contribution is 7.92. The van der Waals surface area contributed by atoms with Gasteiger partial charge < -0.3 is 10.1 Å². The van der Waals surface area contributed by atoms with Crippen LogP contribution < -0.4 is 14.8 Å². The minimum atomic E-state index is -3.72. The maximum atomic E-state index is 12.6. The van der Waals surface area contributed by atoms with E-state index in [1.807, 2.05) is 6.92 Å². The van der Waals surface area contributed by atoms with Gasteiger partial charge in [0.1, 0.15) is 5.75 Å². The van der Waals surface area contributed by atoms with Crippen molar-refractivity contribution < 1.29 is 17.9 Å². The molecule has 0 aliphatic heterocycles. The van der Waals surface area contributed by atoms with Gasteiger partial charge in [-0.1, -0.05) is 0 Å². The molecule has 2 aromatic carbocycles. The maximum Gasteiger partial charge on any atom is 0.262 e. The van der Waals surface area contributed by atoms with E-state index >= 15 is 0 Å². The molecule has 1 amide bonds. The molecular weight excluding hydrogens is 328 g/mol. The number of benzene rings is 2. The first kappa shape index (κ1) is 17.8. The van der Waals surface area contributed by atoms with Crippen molar-refractivity contribution in [3.63, 3.8) is 0 Å². The van der Waals surface area contributed by atoms with Crippen LogP contribution in [0.15, 0.2) is 41.3 Å². The zero-order valence-corrected chi connectivity index (χ0v) is 14.8. The topological polar surface area (TPSA) is 84.5 Å². The first-order valence-corrected chi connectivity index (χ1v) is 8.77. The van der Waals surface area contributed by atoms with E-state index in [4.69, 9.17) is 4.74 Å². The molecule has 0 atom stereocenters. The summed E-state index contributed by atoms with van der Waals surface area (Å²) in [6, 6.07) is 9.60. The number of ether oxygens (including phenoxy) is 1. The standard InChI is InChI=1S/C17H20N2O4S/c1-11-12(2)17(10-9-16(11)23-4)24(21,22)19-15-7-5-14(6-8-15)18-13(3)20/h5-10,19H,1-4H3,(H,18,20). The Morgan fingerprint density at radius 3 is 2.08 bits per heavy atom. The SMILES string of the molecule is COc1ccc(S(=O)(=O)Nc2ccc(NC(C)=O)cc2)c(C)c1C. The van der Waals surface area contributed by atoms with Gasteiger partial charge in [0, 0.05) is 18.3 Å². The van der Waals surface area contributed by atoms with Gasteiger partial charge in [-0.15, -0.1) is 0 Å². The molecule has 0 saturated heterocycles. The molecule has 0 aliphatic carbocycles. The Labute approximate surface area is 141 Å². The highest BCUT2D eigenvalue weighted by atomic mass is 32.2. The van der Waals surface area contributed by atoms with Crippen molar-refractivity contribution in [2.45, 2.75) is 25.7 Å². The van der Waals surface area contributed by atoms with Gasteiger partial charge in [-0.05, 0) is 61.4 Å². The molecule has 0 heterocycles. The molecule has 24 heavy (non-hydrogen) atoms. The molecule has 0 spiro atoms. The van der Waals surface area contributed by atoms with Gasteiger partial charge >= 0.3 is 0 Å². The predicted molar refractivity (Wildman–Crippen MR) is 94.0 cm³/mol. The molecule has 2 aromatic rings. The smallest absolute Gasteiger partial charge is 0.262 e. The maximum absolute atomic E-state index is 12.6. The largest absolute Gasteiger partial charge is 0.496 e. The number of sulfonamides is 1. The molecule has 128 valence electrons. The molecule has 0 fully saturated rings. The number of anilines is 2. The predicted octanol–water partition coefficient (Wildman–Crippen LogP) is 3.07. The summed E-state index contributed by atoms with van der Waals surface area (Å²) in [7, 11) is -2.17. The second-order valence-corrected chi connectivity index (χ2v) is 7.03. The minimum absolute atomic E-state index is 0.187. The van der Waals surface area contributed by atoms with E-state index in [1.54, 1.807) is 44.4 Å². The fourth-order valence-electron chi connectivity index (χ4n) is 2.32. The highest BCUT2D eigenvalue weighted by Crippen LogP contribution is 2.28. The first-order valence-electron chi connectivity index (χ1n) is 7.29. The van der Waals surface area contributed by atoms with Crippen LogP contribution in [-0.4, -0.2) is 21.4 Å². The van der Waals surface area contributed by atoms with Crippen LogP contribution in [0, 0.1) is 13.8 Å². The Hall–Kier alpha value is -2.54. The van der Waals surface area contributed by atoms with E-state index in [-0.39, 0.29) is 10.8 Å². The first-order chi connectivity index (χ1) is 11.2. The molecule has 0 unspecified atom stereocenters. The summed E-state index contributed by atoms with van der Waals surface area (Å²) < 4.78 is 33.0. The van der Waals surface area contributed by atoms with Crippen molar-refractivity contribution in [3.05, 3.63) is 47.5 Å². The van der Waals surface area contributed by atoms with Gasteiger partial charge in [-0.25, -0.2) is 8.42 Å². The van der Waals surface area contributed by atoms with Gasteiger partial charge in [0.15, 0.2) is 0 Å². The fraction of sp³-hybridized carbons (Fsp3) is 0.235. The van der Waals surface area contributed by atoms with Crippen molar-refractivity contribution in [2.75, 3.05) is 17.1 Å². The number of amides is 1. The number of nitrogens with one attached hydrogen (secondary N) is 2. The van der Waals surface area contributed by atoms with Crippen molar-refractivity contribution in [1.29, 1.82) is 0 Å². The molecule has 6 nitrogen and oxygen atoms in total. The summed E-state index contributed by atoms with van der Waals surface area (Å²) in [6.07, 6.45) is 0. The van der Waals surface area contributed by atoms with Gasteiger partial charge in [0.2, 0.25) is 5.91 Å². The van der Waals surface area contributed by atoms with Crippen LogP contribution in [0.1, 0.15) is 18.1 Å². The van der Waals surface area contributed by atoms with Gasteiger partial charge in [-0.2, -0.15) is 0 Å². The monoisotopic (exact) mass is 348 g/mol. The Morgan fingerprint density at radius 1 is 0.958 bits per heavy atom. The van der Waals surface area contributed by atoms with Crippen molar-refractivity contribution in [2.24, 2.45) is 0 Å². The van der Waals surface area contributed by atoms with E-state index in [1.165, 1.54) is 13.0 Å². The molecule has 0 saturated carbocycles. The Kier molecular flexibility index (Phi) is 5.14. The number of carbonyl (C=O) groups is 1. The van der Waals surface area contributed by atoms with E-state index in [0.717, 1.165) is 5.56 Å². The minimum Gasteiger partial charge on any atom is -0.496 e. The van der Waals surface area contributed by atoms with Crippen LogP contribution in [0.2, 0.25) is 0 Å².